The van der Waals surface area contributed by atoms with Crippen molar-refractivity contribution in [1.29, 1.82) is 0 Å². The lowest BCUT2D eigenvalue weighted by atomic mass is 10.2. The van der Waals surface area contributed by atoms with Crippen LogP contribution in [0.5, 0.6) is 5.75 Å². The molecule has 4 aromatic rings. The summed E-state index contributed by atoms with van der Waals surface area (Å²) in [6.45, 7) is 1.22. The smallest absolute Gasteiger partial charge is 0.338 e. The maximum atomic E-state index is 13.4. The Kier molecular flexibility index (Phi) is 12.2. The summed E-state index contributed by atoms with van der Waals surface area (Å²) in [5.41, 5.74) is 3.60. The van der Waals surface area contributed by atoms with Gasteiger partial charge in [-0.15, -0.1) is 0 Å². The van der Waals surface area contributed by atoms with Gasteiger partial charge in [-0.1, -0.05) is 30.3 Å². The number of carbonyl (C=O) groups is 4. The lowest BCUT2D eigenvalue weighted by molar-refractivity contribution is -0.136. The summed E-state index contributed by atoms with van der Waals surface area (Å²) in [5, 5.41) is 8.71. The fourth-order valence-corrected chi connectivity index (χ4v) is 5.56. The molecule has 0 saturated carbocycles. The summed E-state index contributed by atoms with van der Waals surface area (Å²) < 4.78 is 43.5. The van der Waals surface area contributed by atoms with Crippen molar-refractivity contribution in [2.45, 2.75) is 24.9 Å². The maximum Gasteiger partial charge on any atom is 0.338 e. The molecule has 0 aliphatic heterocycles. The number of hydrogen-bond donors (Lipinski definition) is 3. The molecule has 1 heterocycles. The molecule has 0 atom stereocenters. The van der Waals surface area contributed by atoms with Crippen LogP contribution in [0.4, 0.5) is 5.69 Å². The van der Waals surface area contributed by atoms with Crippen molar-refractivity contribution in [2.24, 2.45) is 5.10 Å². The summed E-state index contributed by atoms with van der Waals surface area (Å²) in [4.78, 5) is 49.0. The van der Waals surface area contributed by atoms with Crippen LogP contribution in [-0.4, -0.2) is 62.9 Å². The Balaban J connectivity index is 1.29. The number of anilines is 1. The molecule has 3 amide bonds. The van der Waals surface area contributed by atoms with Gasteiger partial charge in [0.15, 0.2) is 0 Å². The number of hydrogen-bond acceptors (Lipinski definition) is 10. The Morgan fingerprint density at radius 1 is 0.896 bits per heavy atom. The standard InChI is InChI=1S/C33H33N5O9S/c1-3-46-33(42)24-9-11-25(12-10-24)36-32(41)31(40)34-19-27-13-14-28(47-27)20-35-37-30(39)22-38(21-23-7-5-4-6-8-23)48(43,44)29-17-15-26(45-2)16-18-29/h4-18,20H,3,19,21-22H2,1-2H3,(H,34,40)(H,36,41)(H,37,39)/b35-20-. The number of furan rings is 1. The number of carbonyl (C=O) groups excluding carboxylic acids is 4. The van der Waals surface area contributed by atoms with Crippen molar-refractivity contribution < 1.29 is 41.5 Å². The minimum Gasteiger partial charge on any atom is -0.497 e. The summed E-state index contributed by atoms with van der Waals surface area (Å²) in [6, 6.07) is 23.6. The number of ether oxygens (including phenoxy) is 2. The fourth-order valence-electron chi connectivity index (χ4n) is 4.17. The summed E-state index contributed by atoms with van der Waals surface area (Å²) in [6.07, 6.45) is 1.20. The van der Waals surface area contributed by atoms with Crippen molar-refractivity contribution in [2.75, 3.05) is 25.6 Å². The molecule has 0 saturated heterocycles. The molecule has 0 aliphatic rings. The zero-order valence-corrected chi connectivity index (χ0v) is 26.9. The normalized spacial score (nSPS) is 11.2. The van der Waals surface area contributed by atoms with E-state index in [1.165, 1.54) is 67.9 Å². The van der Waals surface area contributed by atoms with Crippen LogP contribution in [-0.2, 0) is 42.2 Å². The topological polar surface area (TPSA) is 186 Å². The van der Waals surface area contributed by atoms with Gasteiger partial charge in [-0.25, -0.2) is 18.6 Å². The molecular weight excluding hydrogens is 642 g/mol. The third kappa shape index (κ3) is 9.85. The largest absolute Gasteiger partial charge is 0.497 e. The zero-order valence-electron chi connectivity index (χ0n) is 26.0. The number of benzene rings is 3. The van der Waals surface area contributed by atoms with Gasteiger partial charge in [-0.05, 0) is 73.2 Å². The number of rotatable bonds is 14. The third-order valence-electron chi connectivity index (χ3n) is 6.57. The van der Waals surface area contributed by atoms with E-state index in [4.69, 9.17) is 13.9 Å². The lowest BCUT2D eigenvalue weighted by Gasteiger charge is -2.21. The van der Waals surface area contributed by atoms with Crippen molar-refractivity contribution in [3.63, 3.8) is 0 Å². The van der Waals surface area contributed by atoms with Gasteiger partial charge in [-0.3, -0.25) is 14.4 Å². The second-order valence-electron chi connectivity index (χ2n) is 9.97. The highest BCUT2D eigenvalue weighted by Gasteiger charge is 2.27. The highest BCUT2D eigenvalue weighted by atomic mass is 32.2. The zero-order chi connectivity index (χ0) is 34.5. The van der Waals surface area contributed by atoms with E-state index >= 15 is 0 Å². The minimum atomic E-state index is -4.07. The van der Waals surface area contributed by atoms with E-state index in [9.17, 15) is 27.6 Å². The summed E-state index contributed by atoms with van der Waals surface area (Å²) >= 11 is 0. The van der Waals surface area contributed by atoms with Crippen molar-refractivity contribution >= 4 is 45.6 Å². The Hall–Kier alpha value is -5.80. The predicted octanol–water partition coefficient (Wildman–Crippen LogP) is 3.06. The molecule has 3 aromatic carbocycles. The first-order valence-corrected chi connectivity index (χ1v) is 16.0. The fraction of sp³-hybridized carbons (Fsp3) is 0.182. The van der Waals surface area contributed by atoms with E-state index in [-0.39, 0.29) is 30.4 Å². The van der Waals surface area contributed by atoms with Gasteiger partial charge in [0, 0.05) is 12.2 Å². The second kappa shape index (κ2) is 16.7. The Morgan fingerprint density at radius 2 is 1.60 bits per heavy atom. The van der Waals surface area contributed by atoms with E-state index in [1.54, 1.807) is 43.3 Å². The number of nitrogens with zero attached hydrogens (tertiary/aromatic N) is 2. The maximum absolute atomic E-state index is 13.4. The first-order chi connectivity index (χ1) is 23.1. The van der Waals surface area contributed by atoms with Gasteiger partial charge in [-0.2, -0.15) is 9.41 Å². The summed E-state index contributed by atoms with van der Waals surface area (Å²) in [7, 11) is -2.60. The highest BCUT2D eigenvalue weighted by Crippen LogP contribution is 2.21. The van der Waals surface area contributed by atoms with E-state index < -0.39 is 40.3 Å². The summed E-state index contributed by atoms with van der Waals surface area (Å²) in [5.74, 6) is -2.04. The predicted molar refractivity (Wildman–Crippen MR) is 174 cm³/mol. The lowest BCUT2D eigenvalue weighted by Crippen LogP contribution is -2.39. The molecular formula is C33H33N5O9S. The molecule has 0 spiro atoms. The van der Waals surface area contributed by atoms with E-state index in [0.29, 0.717) is 28.3 Å². The van der Waals surface area contributed by atoms with Gasteiger partial charge >= 0.3 is 17.8 Å². The van der Waals surface area contributed by atoms with Crippen LogP contribution in [0.2, 0.25) is 0 Å². The molecule has 1 aromatic heterocycles. The quantitative estimate of drug-likeness (QED) is 0.0782. The van der Waals surface area contributed by atoms with E-state index in [1.807, 2.05) is 0 Å². The molecule has 48 heavy (non-hydrogen) atoms. The second-order valence-corrected chi connectivity index (χ2v) is 11.9. The van der Waals surface area contributed by atoms with Crippen LogP contribution >= 0.6 is 0 Å². The van der Waals surface area contributed by atoms with E-state index in [2.05, 4.69) is 21.2 Å². The van der Waals surface area contributed by atoms with Gasteiger partial charge in [0.05, 0.1) is 43.5 Å². The molecule has 0 unspecified atom stereocenters. The average Bonchev–Trinajstić information content (AvgIpc) is 3.55. The van der Waals surface area contributed by atoms with Crippen LogP contribution in [0.25, 0.3) is 0 Å². The first-order valence-electron chi connectivity index (χ1n) is 14.5. The number of sulfonamides is 1. The van der Waals surface area contributed by atoms with Gasteiger partial charge in [0.25, 0.3) is 5.91 Å². The van der Waals surface area contributed by atoms with Crippen LogP contribution in [0.15, 0.2) is 105 Å². The van der Waals surface area contributed by atoms with E-state index in [0.717, 1.165) is 4.31 Å². The van der Waals surface area contributed by atoms with Crippen LogP contribution in [0.1, 0.15) is 34.4 Å². The van der Waals surface area contributed by atoms with Gasteiger partial charge in [0.2, 0.25) is 10.0 Å². The Morgan fingerprint density at radius 3 is 2.27 bits per heavy atom. The van der Waals surface area contributed by atoms with Crippen molar-refractivity contribution in [3.8, 4) is 5.75 Å². The van der Waals surface area contributed by atoms with Crippen molar-refractivity contribution in [3.05, 3.63) is 114 Å². The van der Waals surface area contributed by atoms with Crippen LogP contribution < -0.4 is 20.8 Å². The Labute approximate surface area is 276 Å². The third-order valence-corrected chi connectivity index (χ3v) is 8.37. The number of methoxy groups -OCH3 is 1. The first kappa shape index (κ1) is 35.1. The molecule has 0 bridgehead atoms. The number of esters is 1. The molecule has 250 valence electrons. The van der Waals surface area contributed by atoms with Gasteiger partial charge in [0.1, 0.15) is 17.3 Å². The highest BCUT2D eigenvalue weighted by molar-refractivity contribution is 7.89. The van der Waals surface area contributed by atoms with Crippen molar-refractivity contribution in [1.82, 2.24) is 15.0 Å². The minimum absolute atomic E-state index is 0.00657. The monoisotopic (exact) mass is 675 g/mol. The average molecular weight is 676 g/mol. The number of hydrazone groups is 1. The molecule has 3 N–H and O–H groups in total. The van der Waals surface area contributed by atoms with Crippen LogP contribution in [0, 0.1) is 0 Å². The molecule has 0 radical (unpaired) electrons. The molecule has 14 nitrogen and oxygen atoms in total. The number of amides is 3. The molecule has 0 aliphatic carbocycles. The SMILES string of the molecule is CCOC(=O)c1ccc(NC(=O)C(=O)NCc2ccc(/C=N\NC(=O)CN(Cc3ccccc3)S(=O)(=O)c3ccc(OC)cc3)o2)cc1. The van der Waals surface area contributed by atoms with Crippen LogP contribution in [0.3, 0.4) is 0 Å². The Bertz CT molecular complexity index is 1860. The molecule has 0 fully saturated rings. The molecule has 15 heteroatoms. The molecule has 4 rings (SSSR count). The number of nitrogens with one attached hydrogen (secondary N) is 3. The van der Waals surface area contributed by atoms with Gasteiger partial charge < -0.3 is 24.5 Å².